The Hall–Kier alpha value is -1.88. The Morgan fingerprint density at radius 3 is 2.74 bits per heavy atom. The van der Waals surface area contributed by atoms with Crippen LogP contribution in [-0.2, 0) is 0 Å². The van der Waals surface area contributed by atoms with Crippen molar-refractivity contribution in [1.82, 2.24) is 10.3 Å². The Morgan fingerprint density at radius 2 is 2.11 bits per heavy atom. The maximum absolute atomic E-state index is 12.1. The molecule has 4 nitrogen and oxygen atoms in total. The first kappa shape index (κ1) is 13.5. The number of aromatic nitrogens is 1. The molecule has 0 saturated heterocycles. The fourth-order valence-corrected chi connectivity index (χ4v) is 2.11. The predicted octanol–water partition coefficient (Wildman–Crippen LogP) is 3.42. The van der Waals surface area contributed by atoms with Crippen molar-refractivity contribution in [3.05, 3.63) is 41.4 Å². The van der Waals surface area contributed by atoms with E-state index in [1.54, 1.807) is 12.3 Å². The molecule has 0 radical (unpaired) electrons. The lowest BCUT2D eigenvalue weighted by Crippen LogP contribution is -2.40. The largest absolute Gasteiger partial charge is 0.347 e. The molecule has 2 rings (SSSR count). The smallest absolute Gasteiger partial charge is 0.251 e. The van der Waals surface area contributed by atoms with Gasteiger partial charge in [-0.1, -0.05) is 6.07 Å². The number of anilines is 2. The summed E-state index contributed by atoms with van der Waals surface area (Å²) in [5.41, 5.74) is 1.25. The minimum Gasteiger partial charge on any atom is -0.347 e. The van der Waals surface area contributed by atoms with Gasteiger partial charge in [0.25, 0.3) is 5.91 Å². The minimum atomic E-state index is -0.240. The maximum atomic E-state index is 12.1. The van der Waals surface area contributed by atoms with Gasteiger partial charge in [0, 0.05) is 28.4 Å². The third kappa shape index (κ3) is 4.06. The number of hydrogen-bond acceptors (Lipinski definition) is 4. The van der Waals surface area contributed by atoms with Crippen molar-refractivity contribution in [2.45, 2.75) is 26.3 Å². The van der Waals surface area contributed by atoms with Gasteiger partial charge in [-0.2, -0.15) is 0 Å². The van der Waals surface area contributed by atoms with Crippen LogP contribution in [0.25, 0.3) is 0 Å². The molecule has 0 aliphatic carbocycles. The minimum absolute atomic E-state index is 0.0738. The molecule has 0 aliphatic heterocycles. The van der Waals surface area contributed by atoms with E-state index < -0.39 is 0 Å². The van der Waals surface area contributed by atoms with Crippen LogP contribution in [0.5, 0.6) is 0 Å². The predicted molar refractivity (Wildman–Crippen MR) is 79.1 cm³/mol. The lowest BCUT2D eigenvalue weighted by molar-refractivity contribution is 0.0919. The zero-order valence-corrected chi connectivity index (χ0v) is 12.0. The molecule has 1 amide bonds. The van der Waals surface area contributed by atoms with Gasteiger partial charge in [0.2, 0.25) is 0 Å². The summed E-state index contributed by atoms with van der Waals surface area (Å²) in [5.74, 6) is -0.0738. The Morgan fingerprint density at radius 1 is 1.32 bits per heavy atom. The number of carbonyl (C=O) groups is 1. The van der Waals surface area contributed by atoms with Crippen LogP contribution in [0.2, 0.25) is 0 Å². The maximum Gasteiger partial charge on any atom is 0.251 e. The van der Waals surface area contributed by atoms with E-state index in [4.69, 9.17) is 0 Å². The molecule has 0 bridgehead atoms. The van der Waals surface area contributed by atoms with Crippen LogP contribution in [0.1, 0.15) is 31.1 Å². The molecule has 0 saturated carbocycles. The molecule has 0 aliphatic rings. The Labute approximate surface area is 116 Å². The van der Waals surface area contributed by atoms with Crippen molar-refractivity contribution in [2.75, 3.05) is 5.32 Å². The first-order valence-electron chi connectivity index (χ1n) is 6.03. The SMILES string of the molecule is CC(C)(C)NC(=O)c1cccc(Nc2nccs2)c1. The molecular weight excluding hydrogens is 258 g/mol. The molecule has 0 spiro atoms. The van der Waals surface area contributed by atoms with Crippen molar-refractivity contribution < 1.29 is 4.79 Å². The number of nitrogens with one attached hydrogen (secondary N) is 2. The highest BCUT2D eigenvalue weighted by atomic mass is 32.1. The average molecular weight is 275 g/mol. The molecule has 0 unspecified atom stereocenters. The van der Waals surface area contributed by atoms with Crippen molar-refractivity contribution in [1.29, 1.82) is 0 Å². The van der Waals surface area contributed by atoms with E-state index in [-0.39, 0.29) is 11.4 Å². The molecule has 100 valence electrons. The van der Waals surface area contributed by atoms with Crippen LogP contribution >= 0.6 is 11.3 Å². The first-order chi connectivity index (χ1) is 8.94. The quantitative estimate of drug-likeness (QED) is 0.902. The number of thiazole rings is 1. The van der Waals surface area contributed by atoms with E-state index in [1.807, 2.05) is 44.4 Å². The topological polar surface area (TPSA) is 54.0 Å². The Balaban J connectivity index is 2.13. The van der Waals surface area contributed by atoms with E-state index in [0.717, 1.165) is 10.8 Å². The van der Waals surface area contributed by atoms with E-state index >= 15 is 0 Å². The lowest BCUT2D eigenvalue weighted by Gasteiger charge is -2.20. The number of rotatable bonds is 3. The van der Waals surface area contributed by atoms with Crippen molar-refractivity contribution in [3.8, 4) is 0 Å². The third-order valence-corrected chi connectivity index (χ3v) is 2.99. The van der Waals surface area contributed by atoms with Gasteiger partial charge >= 0.3 is 0 Å². The van der Waals surface area contributed by atoms with E-state index in [1.165, 1.54) is 11.3 Å². The molecule has 19 heavy (non-hydrogen) atoms. The summed E-state index contributed by atoms with van der Waals surface area (Å²) in [6.07, 6.45) is 1.74. The summed E-state index contributed by atoms with van der Waals surface area (Å²) in [6.45, 7) is 5.88. The number of hydrogen-bond donors (Lipinski definition) is 2. The van der Waals surface area contributed by atoms with Crippen molar-refractivity contribution in [2.24, 2.45) is 0 Å². The van der Waals surface area contributed by atoms with E-state index in [2.05, 4.69) is 15.6 Å². The monoisotopic (exact) mass is 275 g/mol. The fourth-order valence-electron chi connectivity index (χ4n) is 1.56. The van der Waals surface area contributed by atoms with Gasteiger partial charge in [0.05, 0.1) is 0 Å². The molecular formula is C14H17N3OS. The molecule has 1 aromatic heterocycles. The molecule has 1 heterocycles. The van der Waals surface area contributed by atoms with Gasteiger partial charge < -0.3 is 10.6 Å². The lowest BCUT2D eigenvalue weighted by atomic mass is 10.1. The second kappa shape index (κ2) is 5.40. The number of nitrogens with zero attached hydrogens (tertiary/aromatic N) is 1. The first-order valence-corrected chi connectivity index (χ1v) is 6.91. The van der Waals surface area contributed by atoms with Crippen LogP contribution < -0.4 is 10.6 Å². The molecule has 5 heteroatoms. The van der Waals surface area contributed by atoms with Gasteiger partial charge in [0.1, 0.15) is 0 Å². The number of amides is 1. The molecule has 0 fully saturated rings. The molecule has 0 atom stereocenters. The Bertz CT molecular complexity index is 558. The fraction of sp³-hybridized carbons (Fsp3) is 0.286. The molecule has 1 aromatic carbocycles. The second-order valence-electron chi connectivity index (χ2n) is 5.25. The van der Waals surface area contributed by atoms with Crippen LogP contribution in [0.4, 0.5) is 10.8 Å². The summed E-state index contributed by atoms with van der Waals surface area (Å²) in [7, 11) is 0. The highest BCUT2D eigenvalue weighted by Crippen LogP contribution is 2.19. The van der Waals surface area contributed by atoms with Crippen LogP contribution in [0.15, 0.2) is 35.8 Å². The molecule has 2 aromatic rings. The van der Waals surface area contributed by atoms with Crippen LogP contribution in [-0.4, -0.2) is 16.4 Å². The highest BCUT2D eigenvalue weighted by Gasteiger charge is 2.15. The van der Waals surface area contributed by atoms with Crippen molar-refractivity contribution >= 4 is 28.1 Å². The summed E-state index contributed by atoms with van der Waals surface area (Å²) in [5, 5.41) is 8.83. The Kier molecular flexibility index (Phi) is 3.85. The summed E-state index contributed by atoms with van der Waals surface area (Å²) in [6, 6.07) is 7.39. The zero-order valence-electron chi connectivity index (χ0n) is 11.2. The summed E-state index contributed by atoms with van der Waals surface area (Å²) < 4.78 is 0. The van der Waals surface area contributed by atoms with Gasteiger partial charge in [0.15, 0.2) is 5.13 Å². The van der Waals surface area contributed by atoms with Gasteiger partial charge in [-0.15, -0.1) is 11.3 Å². The van der Waals surface area contributed by atoms with Gasteiger partial charge in [-0.05, 0) is 39.0 Å². The standard InChI is InChI=1S/C14H17N3OS/c1-14(2,3)17-12(18)10-5-4-6-11(9-10)16-13-15-7-8-19-13/h4-9H,1-3H3,(H,15,16)(H,17,18). The summed E-state index contributed by atoms with van der Waals surface area (Å²) in [4.78, 5) is 16.2. The third-order valence-electron chi connectivity index (χ3n) is 2.30. The van der Waals surface area contributed by atoms with Gasteiger partial charge in [-0.25, -0.2) is 4.98 Å². The van der Waals surface area contributed by atoms with E-state index in [0.29, 0.717) is 5.56 Å². The number of benzene rings is 1. The highest BCUT2D eigenvalue weighted by molar-refractivity contribution is 7.13. The van der Waals surface area contributed by atoms with E-state index in [9.17, 15) is 4.79 Å². The number of carbonyl (C=O) groups excluding carboxylic acids is 1. The van der Waals surface area contributed by atoms with Crippen LogP contribution in [0, 0.1) is 0 Å². The average Bonchev–Trinajstić information content (AvgIpc) is 2.80. The second-order valence-corrected chi connectivity index (χ2v) is 6.14. The van der Waals surface area contributed by atoms with Crippen molar-refractivity contribution in [3.63, 3.8) is 0 Å². The zero-order chi connectivity index (χ0) is 13.9. The summed E-state index contributed by atoms with van der Waals surface area (Å²) >= 11 is 1.52. The molecule has 2 N–H and O–H groups in total. The van der Waals surface area contributed by atoms with Crippen LogP contribution in [0.3, 0.4) is 0 Å². The van der Waals surface area contributed by atoms with Gasteiger partial charge in [-0.3, -0.25) is 4.79 Å². The normalized spacial score (nSPS) is 11.1.